The first kappa shape index (κ1) is 7.34. The van der Waals surface area contributed by atoms with E-state index in [1.54, 1.807) is 0 Å². The molecule has 1 aliphatic carbocycles. The summed E-state index contributed by atoms with van der Waals surface area (Å²) in [6, 6.07) is 0.771. The molecule has 0 amide bonds. The molecule has 0 spiro atoms. The van der Waals surface area contributed by atoms with Crippen LogP contribution in [-0.4, -0.2) is 36.7 Å². The predicted octanol–water partition coefficient (Wildman–Crippen LogP) is 1.26. The highest BCUT2D eigenvalue weighted by Crippen LogP contribution is 2.47. The normalized spacial score (nSPS) is 43.8. The van der Waals surface area contributed by atoms with Gasteiger partial charge in [0, 0.05) is 19.1 Å². The Morgan fingerprint density at radius 2 is 2.33 bits per heavy atom. The van der Waals surface area contributed by atoms with Crippen LogP contribution >= 0.6 is 0 Å². The van der Waals surface area contributed by atoms with E-state index in [-0.39, 0.29) is 0 Å². The molecule has 3 rings (SSSR count). The Kier molecular flexibility index (Phi) is 1.37. The monoisotopic (exact) mass is 167 g/mol. The standard InChI is InChI=1S/C10H17NO/c1-10(2-3-10)7-11-5-9-4-8(11)6-12-9/h8-9H,2-7H2,1H3/t8-,9-/m1/s1. The lowest BCUT2D eigenvalue weighted by atomic mass is 10.1. The van der Waals surface area contributed by atoms with Gasteiger partial charge in [-0.05, 0) is 24.7 Å². The van der Waals surface area contributed by atoms with E-state index in [1.165, 1.54) is 32.4 Å². The summed E-state index contributed by atoms with van der Waals surface area (Å²) in [6.45, 7) is 5.96. The SMILES string of the molecule is CC1(CN2C[C@H]3C[C@@H]2CO3)CC1. The van der Waals surface area contributed by atoms with Crippen molar-refractivity contribution < 1.29 is 4.74 Å². The molecule has 2 atom stereocenters. The molecule has 2 bridgehead atoms. The Morgan fingerprint density at radius 3 is 2.83 bits per heavy atom. The van der Waals surface area contributed by atoms with E-state index in [2.05, 4.69) is 11.8 Å². The summed E-state index contributed by atoms with van der Waals surface area (Å²) in [4.78, 5) is 2.65. The average molecular weight is 167 g/mol. The van der Waals surface area contributed by atoms with Gasteiger partial charge in [-0.25, -0.2) is 0 Å². The molecule has 2 heteroatoms. The second-order valence-corrected chi connectivity index (χ2v) is 5.08. The van der Waals surface area contributed by atoms with Gasteiger partial charge < -0.3 is 4.74 Å². The second kappa shape index (κ2) is 2.24. The molecule has 3 aliphatic rings. The first-order chi connectivity index (χ1) is 5.75. The minimum absolute atomic E-state index is 0.581. The van der Waals surface area contributed by atoms with Crippen molar-refractivity contribution in [1.29, 1.82) is 0 Å². The molecule has 0 aromatic carbocycles. The van der Waals surface area contributed by atoms with Gasteiger partial charge in [-0.2, -0.15) is 0 Å². The van der Waals surface area contributed by atoms with Gasteiger partial charge in [-0.1, -0.05) is 6.92 Å². The zero-order chi connectivity index (χ0) is 8.18. The highest BCUT2D eigenvalue weighted by atomic mass is 16.5. The maximum absolute atomic E-state index is 5.58. The molecule has 0 unspecified atom stereocenters. The number of nitrogens with zero attached hydrogens (tertiary/aromatic N) is 1. The minimum Gasteiger partial charge on any atom is -0.375 e. The minimum atomic E-state index is 0.581. The zero-order valence-electron chi connectivity index (χ0n) is 7.75. The van der Waals surface area contributed by atoms with Crippen LogP contribution in [0.25, 0.3) is 0 Å². The van der Waals surface area contributed by atoms with E-state index >= 15 is 0 Å². The van der Waals surface area contributed by atoms with E-state index in [1.807, 2.05) is 0 Å². The van der Waals surface area contributed by atoms with Gasteiger partial charge in [0.15, 0.2) is 0 Å². The molecule has 0 aromatic heterocycles. The number of hydrogen-bond acceptors (Lipinski definition) is 2. The number of fused-ring (bicyclic) bond motifs is 2. The van der Waals surface area contributed by atoms with Gasteiger partial charge in [0.1, 0.15) is 0 Å². The van der Waals surface area contributed by atoms with E-state index in [0.717, 1.165) is 12.6 Å². The Balaban J connectivity index is 1.64. The summed E-state index contributed by atoms with van der Waals surface area (Å²) in [5, 5.41) is 0. The quantitative estimate of drug-likeness (QED) is 0.614. The Labute approximate surface area is 73.9 Å². The predicted molar refractivity (Wildman–Crippen MR) is 47.1 cm³/mol. The van der Waals surface area contributed by atoms with Crippen LogP contribution in [0.15, 0.2) is 0 Å². The van der Waals surface area contributed by atoms with Crippen molar-refractivity contribution >= 4 is 0 Å². The number of rotatable bonds is 2. The third-order valence-electron chi connectivity index (χ3n) is 3.70. The fourth-order valence-corrected chi connectivity index (χ4v) is 2.53. The van der Waals surface area contributed by atoms with E-state index in [9.17, 15) is 0 Å². The smallest absolute Gasteiger partial charge is 0.0718 e. The van der Waals surface area contributed by atoms with Crippen LogP contribution in [0, 0.1) is 5.41 Å². The topological polar surface area (TPSA) is 12.5 Å². The van der Waals surface area contributed by atoms with Crippen molar-refractivity contribution in [2.75, 3.05) is 19.7 Å². The second-order valence-electron chi connectivity index (χ2n) is 5.08. The molecular weight excluding hydrogens is 150 g/mol. The third kappa shape index (κ3) is 1.09. The third-order valence-corrected chi connectivity index (χ3v) is 3.70. The lowest BCUT2D eigenvalue weighted by Crippen LogP contribution is -2.40. The summed E-state index contributed by atoms with van der Waals surface area (Å²) < 4.78 is 5.58. The molecule has 0 aromatic rings. The maximum Gasteiger partial charge on any atom is 0.0718 e. The molecule has 0 N–H and O–H groups in total. The first-order valence-electron chi connectivity index (χ1n) is 5.11. The highest BCUT2D eigenvalue weighted by molar-refractivity contribution is 4.98. The molecule has 2 aliphatic heterocycles. The van der Waals surface area contributed by atoms with Gasteiger partial charge in [0.25, 0.3) is 0 Å². The van der Waals surface area contributed by atoms with Crippen LogP contribution in [0.4, 0.5) is 0 Å². The fourth-order valence-electron chi connectivity index (χ4n) is 2.53. The van der Waals surface area contributed by atoms with Crippen molar-refractivity contribution in [1.82, 2.24) is 4.90 Å². The number of likely N-dealkylation sites (tertiary alicyclic amines) is 1. The van der Waals surface area contributed by atoms with Crippen LogP contribution in [0.5, 0.6) is 0 Å². The van der Waals surface area contributed by atoms with Gasteiger partial charge in [-0.3, -0.25) is 4.90 Å². The zero-order valence-corrected chi connectivity index (χ0v) is 7.75. The van der Waals surface area contributed by atoms with Crippen molar-refractivity contribution in [2.45, 2.75) is 38.3 Å². The molecule has 2 heterocycles. The summed E-state index contributed by atoms with van der Waals surface area (Å²) in [6.07, 6.45) is 4.77. The van der Waals surface area contributed by atoms with Crippen molar-refractivity contribution in [3.05, 3.63) is 0 Å². The van der Waals surface area contributed by atoms with Crippen LogP contribution < -0.4 is 0 Å². The molecule has 2 saturated heterocycles. The van der Waals surface area contributed by atoms with Gasteiger partial charge in [-0.15, -0.1) is 0 Å². The number of morpholine rings is 1. The molecule has 1 saturated carbocycles. The van der Waals surface area contributed by atoms with Gasteiger partial charge in [0.05, 0.1) is 12.7 Å². The van der Waals surface area contributed by atoms with Crippen LogP contribution in [0.3, 0.4) is 0 Å². The Bertz CT molecular complexity index is 200. The molecule has 68 valence electrons. The molecular formula is C10H17NO. The van der Waals surface area contributed by atoms with Crippen LogP contribution in [0.1, 0.15) is 26.2 Å². The summed E-state index contributed by atoms with van der Waals surface area (Å²) >= 11 is 0. The van der Waals surface area contributed by atoms with E-state index in [4.69, 9.17) is 4.74 Å². The van der Waals surface area contributed by atoms with E-state index < -0.39 is 0 Å². The maximum atomic E-state index is 5.58. The number of hydrogen-bond donors (Lipinski definition) is 0. The first-order valence-corrected chi connectivity index (χ1v) is 5.11. The van der Waals surface area contributed by atoms with Crippen LogP contribution in [0.2, 0.25) is 0 Å². The largest absolute Gasteiger partial charge is 0.375 e. The van der Waals surface area contributed by atoms with E-state index in [0.29, 0.717) is 11.5 Å². The average Bonchev–Trinajstić information content (AvgIpc) is 2.48. The lowest BCUT2D eigenvalue weighted by Gasteiger charge is -2.29. The van der Waals surface area contributed by atoms with Crippen molar-refractivity contribution in [2.24, 2.45) is 5.41 Å². The molecule has 2 nitrogen and oxygen atoms in total. The molecule has 0 radical (unpaired) electrons. The molecule has 12 heavy (non-hydrogen) atoms. The summed E-state index contributed by atoms with van der Waals surface area (Å²) in [7, 11) is 0. The lowest BCUT2D eigenvalue weighted by molar-refractivity contribution is 0.0235. The van der Waals surface area contributed by atoms with Crippen molar-refractivity contribution in [3.8, 4) is 0 Å². The summed E-state index contributed by atoms with van der Waals surface area (Å²) in [5.41, 5.74) is 0.685. The fraction of sp³-hybridized carbons (Fsp3) is 1.00. The van der Waals surface area contributed by atoms with Crippen LogP contribution in [-0.2, 0) is 4.74 Å². The Morgan fingerprint density at radius 1 is 1.50 bits per heavy atom. The van der Waals surface area contributed by atoms with Crippen molar-refractivity contribution in [3.63, 3.8) is 0 Å². The number of ether oxygens (including phenoxy) is 1. The Hall–Kier alpha value is -0.0800. The summed E-state index contributed by atoms with van der Waals surface area (Å²) in [5.74, 6) is 0. The highest BCUT2D eigenvalue weighted by Gasteiger charge is 2.45. The van der Waals surface area contributed by atoms with Gasteiger partial charge >= 0.3 is 0 Å². The van der Waals surface area contributed by atoms with Gasteiger partial charge in [0.2, 0.25) is 0 Å². The molecule has 3 fully saturated rings.